The van der Waals surface area contributed by atoms with Crippen molar-refractivity contribution < 1.29 is 0 Å². The van der Waals surface area contributed by atoms with Crippen LogP contribution < -0.4 is 11.1 Å². The van der Waals surface area contributed by atoms with Crippen LogP contribution in [0.4, 0.5) is 5.69 Å². The van der Waals surface area contributed by atoms with E-state index in [9.17, 15) is 0 Å². The number of halogens is 1. The van der Waals surface area contributed by atoms with E-state index in [1.165, 1.54) is 0 Å². The Morgan fingerprint density at radius 3 is 2.22 bits per heavy atom. The Morgan fingerprint density at radius 2 is 1.83 bits per heavy atom. The predicted molar refractivity (Wildman–Crippen MR) is 82.3 cm³/mol. The molecule has 0 unspecified atom stereocenters. The fourth-order valence-electron chi connectivity index (χ4n) is 2.53. The minimum atomic E-state index is 0.293. The van der Waals surface area contributed by atoms with E-state index in [4.69, 9.17) is 29.6 Å². The molecule has 2 nitrogen and oxygen atoms in total. The van der Waals surface area contributed by atoms with E-state index in [-0.39, 0.29) is 0 Å². The SMILES string of the molecule is CC1(C)C(Nc2ccc(C(N)=S)c(Cl)c2)C1(C)C. The molecule has 0 aliphatic heterocycles. The summed E-state index contributed by atoms with van der Waals surface area (Å²) >= 11 is 11.1. The Balaban J connectivity index is 2.18. The summed E-state index contributed by atoms with van der Waals surface area (Å²) in [6, 6.07) is 6.19. The molecule has 1 aromatic carbocycles. The van der Waals surface area contributed by atoms with Gasteiger partial charge in [-0.25, -0.2) is 0 Å². The van der Waals surface area contributed by atoms with Gasteiger partial charge in [-0.05, 0) is 29.0 Å². The molecule has 0 heterocycles. The zero-order valence-electron chi connectivity index (χ0n) is 11.2. The van der Waals surface area contributed by atoms with E-state index in [0.29, 0.717) is 26.9 Å². The van der Waals surface area contributed by atoms with Crippen LogP contribution >= 0.6 is 23.8 Å². The smallest absolute Gasteiger partial charge is 0.105 e. The molecule has 0 saturated heterocycles. The third-order valence-electron chi connectivity index (χ3n) is 4.57. The van der Waals surface area contributed by atoms with Crippen molar-refractivity contribution in [2.75, 3.05) is 5.32 Å². The lowest BCUT2D eigenvalue weighted by Crippen LogP contribution is -2.12. The number of rotatable bonds is 3. The molecule has 18 heavy (non-hydrogen) atoms. The van der Waals surface area contributed by atoms with Gasteiger partial charge in [0.1, 0.15) is 4.99 Å². The summed E-state index contributed by atoms with van der Waals surface area (Å²) in [5.74, 6) is 0. The second-order valence-corrected chi connectivity index (χ2v) is 6.93. The first-order valence-corrected chi connectivity index (χ1v) is 6.82. The average molecular weight is 283 g/mol. The molecule has 3 N–H and O–H groups in total. The van der Waals surface area contributed by atoms with Crippen LogP contribution in [0.15, 0.2) is 18.2 Å². The van der Waals surface area contributed by atoms with Gasteiger partial charge in [-0.15, -0.1) is 0 Å². The quantitative estimate of drug-likeness (QED) is 0.828. The fraction of sp³-hybridized carbons (Fsp3) is 0.500. The van der Waals surface area contributed by atoms with Crippen LogP contribution in [-0.4, -0.2) is 11.0 Å². The number of hydrogen-bond acceptors (Lipinski definition) is 2. The zero-order valence-corrected chi connectivity index (χ0v) is 12.7. The highest BCUT2D eigenvalue weighted by atomic mass is 35.5. The van der Waals surface area contributed by atoms with E-state index in [1.807, 2.05) is 18.2 Å². The lowest BCUT2D eigenvalue weighted by Gasteiger charge is -2.10. The number of nitrogens with one attached hydrogen (secondary N) is 1. The van der Waals surface area contributed by atoms with E-state index in [2.05, 4.69) is 33.0 Å². The number of benzene rings is 1. The average Bonchev–Trinajstić information content (AvgIpc) is 2.60. The molecule has 1 fully saturated rings. The summed E-state index contributed by atoms with van der Waals surface area (Å²) in [6.45, 7) is 9.09. The summed E-state index contributed by atoms with van der Waals surface area (Å²) in [6.07, 6.45) is 0. The van der Waals surface area contributed by atoms with Crippen LogP contribution in [0.5, 0.6) is 0 Å². The van der Waals surface area contributed by atoms with Gasteiger partial charge in [0.2, 0.25) is 0 Å². The van der Waals surface area contributed by atoms with Crippen molar-refractivity contribution in [1.29, 1.82) is 0 Å². The molecule has 2 rings (SSSR count). The van der Waals surface area contributed by atoms with Gasteiger partial charge in [0.15, 0.2) is 0 Å². The van der Waals surface area contributed by atoms with Gasteiger partial charge in [-0.2, -0.15) is 0 Å². The van der Waals surface area contributed by atoms with Gasteiger partial charge >= 0.3 is 0 Å². The normalized spacial score (nSPS) is 20.5. The van der Waals surface area contributed by atoms with Gasteiger partial charge in [0.05, 0.1) is 5.02 Å². The Morgan fingerprint density at radius 1 is 1.28 bits per heavy atom. The second kappa shape index (κ2) is 4.10. The van der Waals surface area contributed by atoms with Crippen molar-refractivity contribution in [2.45, 2.75) is 33.7 Å². The van der Waals surface area contributed by atoms with Crippen molar-refractivity contribution in [1.82, 2.24) is 0 Å². The highest BCUT2D eigenvalue weighted by molar-refractivity contribution is 7.80. The molecule has 1 aliphatic rings. The van der Waals surface area contributed by atoms with E-state index < -0.39 is 0 Å². The molecule has 0 amide bonds. The van der Waals surface area contributed by atoms with Crippen LogP contribution in [-0.2, 0) is 0 Å². The van der Waals surface area contributed by atoms with Crippen LogP contribution in [0.1, 0.15) is 33.3 Å². The number of nitrogens with two attached hydrogens (primary N) is 1. The maximum atomic E-state index is 6.16. The highest BCUT2D eigenvalue weighted by Crippen LogP contribution is 2.63. The first-order chi connectivity index (χ1) is 8.18. The van der Waals surface area contributed by atoms with Gasteiger partial charge in [0, 0.05) is 17.3 Å². The lowest BCUT2D eigenvalue weighted by molar-refractivity contribution is 0.457. The van der Waals surface area contributed by atoms with Gasteiger partial charge in [-0.3, -0.25) is 0 Å². The minimum Gasteiger partial charge on any atom is -0.389 e. The third-order valence-corrected chi connectivity index (χ3v) is 5.10. The molecule has 0 spiro atoms. The first-order valence-electron chi connectivity index (χ1n) is 6.04. The Hall–Kier alpha value is -0.800. The number of thiocarbonyl (C=S) groups is 1. The molecule has 1 saturated carbocycles. The largest absolute Gasteiger partial charge is 0.389 e. The third kappa shape index (κ3) is 1.99. The molecular formula is C14H19ClN2S. The summed E-state index contributed by atoms with van der Waals surface area (Å²) < 4.78 is 0. The molecule has 0 atom stereocenters. The molecule has 0 radical (unpaired) electrons. The molecule has 0 aromatic heterocycles. The highest BCUT2D eigenvalue weighted by Gasteiger charge is 2.64. The molecular weight excluding hydrogens is 264 g/mol. The summed E-state index contributed by atoms with van der Waals surface area (Å²) in [5.41, 5.74) is 7.92. The van der Waals surface area contributed by atoms with Crippen molar-refractivity contribution in [3.05, 3.63) is 28.8 Å². The van der Waals surface area contributed by atoms with Gasteiger partial charge in [-0.1, -0.05) is 51.5 Å². The topological polar surface area (TPSA) is 38.0 Å². The van der Waals surface area contributed by atoms with Crippen LogP contribution in [0.25, 0.3) is 0 Å². The second-order valence-electron chi connectivity index (χ2n) is 6.08. The molecule has 98 valence electrons. The van der Waals surface area contributed by atoms with Crippen molar-refractivity contribution in [2.24, 2.45) is 16.6 Å². The van der Waals surface area contributed by atoms with Crippen molar-refractivity contribution in [3.8, 4) is 0 Å². The summed E-state index contributed by atoms with van der Waals surface area (Å²) in [7, 11) is 0. The van der Waals surface area contributed by atoms with Crippen LogP contribution in [0, 0.1) is 10.8 Å². The summed E-state index contributed by atoms with van der Waals surface area (Å²) in [5, 5.41) is 4.14. The summed E-state index contributed by atoms with van der Waals surface area (Å²) in [4.78, 5) is 0.332. The fourth-order valence-corrected chi connectivity index (χ4v) is 3.04. The minimum absolute atomic E-state index is 0.293. The van der Waals surface area contributed by atoms with Crippen molar-refractivity contribution in [3.63, 3.8) is 0 Å². The Labute approximate surface area is 119 Å². The van der Waals surface area contributed by atoms with Crippen molar-refractivity contribution >= 4 is 34.5 Å². The molecule has 4 heteroatoms. The first kappa shape index (κ1) is 13.6. The standard InChI is InChI=1S/C14H19ClN2S/c1-13(2)12(14(13,3)4)17-8-5-6-9(11(16)18)10(15)7-8/h5-7,12,17H,1-4H3,(H2,16,18). The lowest BCUT2D eigenvalue weighted by atomic mass is 10.0. The van der Waals surface area contributed by atoms with Gasteiger partial charge in [0.25, 0.3) is 0 Å². The van der Waals surface area contributed by atoms with Gasteiger partial charge < -0.3 is 11.1 Å². The molecule has 1 aromatic rings. The molecule has 1 aliphatic carbocycles. The number of hydrogen-bond donors (Lipinski definition) is 2. The monoisotopic (exact) mass is 282 g/mol. The van der Waals surface area contributed by atoms with E-state index in [0.717, 1.165) is 11.3 Å². The van der Waals surface area contributed by atoms with E-state index in [1.54, 1.807) is 0 Å². The van der Waals surface area contributed by atoms with Crippen LogP contribution in [0.2, 0.25) is 5.02 Å². The Bertz CT molecular complexity index is 495. The predicted octanol–water partition coefficient (Wildman–Crippen LogP) is 3.82. The Kier molecular flexibility index (Phi) is 3.11. The van der Waals surface area contributed by atoms with E-state index >= 15 is 0 Å². The van der Waals surface area contributed by atoms with Crippen LogP contribution in [0.3, 0.4) is 0 Å². The number of anilines is 1. The zero-order chi connectivity index (χ0) is 13.7. The maximum Gasteiger partial charge on any atom is 0.105 e. The maximum absolute atomic E-state index is 6.16. The molecule has 0 bridgehead atoms.